The second-order valence-corrected chi connectivity index (χ2v) is 5.67. The molecule has 1 fully saturated rings. The van der Waals surface area contributed by atoms with E-state index in [2.05, 4.69) is 0 Å². The number of phosphoric acid groups is 1. The van der Waals surface area contributed by atoms with E-state index in [1.54, 1.807) is 27.7 Å². The van der Waals surface area contributed by atoms with Gasteiger partial charge < -0.3 is 0 Å². The molecule has 1 saturated heterocycles. The zero-order chi connectivity index (χ0) is 11.7. The van der Waals surface area contributed by atoms with Gasteiger partial charge in [-0.2, -0.15) is 5.26 Å². The van der Waals surface area contributed by atoms with E-state index >= 15 is 0 Å². The molecule has 3 atom stereocenters. The Morgan fingerprint density at radius 3 is 2.67 bits per heavy atom. The third-order valence-electron chi connectivity index (χ3n) is 2.30. The first-order valence-electron chi connectivity index (χ1n) is 4.83. The lowest BCUT2D eigenvalue weighted by Gasteiger charge is -2.18. The summed E-state index contributed by atoms with van der Waals surface area (Å²) in [5.74, 6) is 0. The minimum absolute atomic E-state index is 0.158. The Hall–Kier alpha value is -0.400. The molecule has 0 amide bonds. The van der Waals surface area contributed by atoms with Gasteiger partial charge in [-0.3, -0.25) is 13.6 Å². The van der Waals surface area contributed by atoms with Gasteiger partial charge in [0.15, 0.2) is 0 Å². The SMILES string of the molecule is CC(CC#N)OP1(=O)OC(C)C(C)(C)O1. The van der Waals surface area contributed by atoms with Crippen molar-refractivity contribution in [3.63, 3.8) is 0 Å². The minimum atomic E-state index is -3.48. The number of nitrogens with zero attached hydrogens (tertiary/aromatic N) is 1. The van der Waals surface area contributed by atoms with E-state index in [0.717, 1.165) is 0 Å². The van der Waals surface area contributed by atoms with E-state index in [9.17, 15) is 4.57 Å². The Labute approximate surface area is 89.9 Å². The van der Waals surface area contributed by atoms with Crippen LogP contribution < -0.4 is 0 Å². The van der Waals surface area contributed by atoms with Crippen molar-refractivity contribution in [2.24, 2.45) is 0 Å². The zero-order valence-electron chi connectivity index (χ0n) is 9.39. The predicted octanol–water partition coefficient (Wildman–Crippen LogP) is 2.63. The summed E-state index contributed by atoms with van der Waals surface area (Å²) in [7, 11) is -3.48. The quantitative estimate of drug-likeness (QED) is 0.701. The first kappa shape index (κ1) is 12.7. The maximum atomic E-state index is 11.9. The highest BCUT2D eigenvalue weighted by Gasteiger charge is 2.49. The second kappa shape index (κ2) is 4.23. The van der Waals surface area contributed by atoms with E-state index in [1.165, 1.54) is 0 Å². The molecule has 0 aliphatic carbocycles. The molecule has 5 nitrogen and oxygen atoms in total. The molecule has 15 heavy (non-hydrogen) atoms. The van der Waals surface area contributed by atoms with Crippen molar-refractivity contribution in [3.05, 3.63) is 0 Å². The van der Waals surface area contributed by atoms with Gasteiger partial charge in [0, 0.05) is 0 Å². The summed E-state index contributed by atoms with van der Waals surface area (Å²) in [6.07, 6.45) is -0.592. The van der Waals surface area contributed by atoms with Crippen LogP contribution >= 0.6 is 7.82 Å². The van der Waals surface area contributed by atoms with E-state index in [0.29, 0.717) is 0 Å². The van der Waals surface area contributed by atoms with Gasteiger partial charge in [-0.1, -0.05) is 0 Å². The Kier molecular flexibility index (Phi) is 3.57. The largest absolute Gasteiger partial charge is 0.476 e. The van der Waals surface area contributed by atoms with Crippen LogP contribution in [0.15, 0.2) is 0 Å². The Bertz CT molecular complexity index is 323. The van der Waals surface area contributed by atoms with Crippen LogP contribution in [0.3, 0.4) is 0 Å². The summed E-state index contributed by atoms with van der Waals surface area (Å²) in [4.78, 5) is 0. The van der Waals surface area contributed by atoms with Gasteiger partial charge in [0.1, 0.15) is 5.60 Å². The van der Waals surface area contributed by atoms with Crippen LogP contribution in [0.1, 0.15) is 34.1 Å². The van der Waals surface area contributed by atoms with Crippen LogP contribution in [0.5, 0.6) is 0 Å². The van der Waals surface area contributed by atoms with Crippen LogP contribution in [0.4, 0.5) is 0 Å². The molecule has 0 N–H and O–H groups in total. The lowest BCUT2D eigenvalue weighted by molar-refractivity contribution is 0.0779. The summed E-state index contributed by atoms with van der Waals surface area (Å²) >= 11 is 0. The van der Waals surface area contributed by atoms with E-state index < -0.39 is 19.5 Å². The first-order valence-corrected chi connectivity index (χ1v) is 6.30. The van der Waals surface area contributed by atoms with Crippen LogP contribution in [0, 0.1) is 11.3 Å². The van der Waals surface area contributed by atoms with Gasteiger partial charge >= 0.3 is 7.82 Å². The lowest BCUT2D eigenvalue weighted by atomic mass is 10.0. The summed E-state index contributed by atoms with van der Waals surface area (Å²) in [5, 5.41) is 8.45. The maximum absolute atomic E-state index is 11.9. The van der Waals surface area contributed by atoms with Crippen molar-refractivity contribution < 1.29 is 18.1 Å². The van der Waals surface area contributed by atoms with Gasteiger partial charge in [-0.05, 0) is 27.7 Å². The van der Waals surface area contributed by atoms with Gasteiger partial charge in [0.05, 0.1) is 24.7 Å². The second-order valence-electron chi connectivity index (χ2n) is 4.17. The molecular weight excluding hydrogens is 217 g/mol. The van der Waals surface area contributed by atoms with E-state index in [4.69, 9.17) is 18.8 Å². The molecule has 0 bridgehead atoms. The monoisotopic (exact) mass is 233 g/mol. The Morgan fingerprint density at radius 2 is 2.27 bits per heavy atom. The van der Waals surface area contributed by atoms with Gasteiger partial charge in [0.25, 0.3) is 0 Å². The maximum Gasteiger partial charge on any atom is 0.476 e. The summed E-state index contributed by atoms with van der Waals surface area (Å²) in [5.41, 5.74) is -0.623. The van der Waals surface area contributed by atoms with Gasteiger partial charge in [0.2, 0.25) is 0 Å². The van der Waals surface area contributed by atoms with E-state index in [-0.39, 0.29) is 12.5 Å². The van der Waals surface area contributed by atoms with E-state index in [1.807, 2.05) is 6.07 Å². The first-order chi connectivity index (χ1) is 6.79. The molecule has 0 saturated carbocycles. The highest BCUT2D eigenvalue weighted by atomic mass is 31.2. The van der Waals surface area contributed by atoms with Crippen molar-refractivity contribution in [2.45, 2.75) is 51.9 Å². The molecule has 0 aromatic heterocycles. The topological polar surface area (TPSA) is 68.5 Å². The van der Waals surface area contributed by atoms with Crippen LogP contribution in [0.25, 0.3) is 0 Å². The molecule has 86 valence electrons. The average Bonchev–Trinajstić information content (AvgIpc) is 2.19. The highest BCUT2D eigenvalue weighted by Crippen LogP contribution is 2.61. The smallest absolute Gasteiger partial charge is 0.283 e. The fraction of sp³-hybridized carbons (Fsp3) is 0.889. The van der Waals surface area contributed by atoms with Crippen LogP contribution in [0.2, 0.25) is 0 Å². The standard InChI is InChI=1S/C9H16NO4P/c1-7(5-6-10)12-15(11)13-8(2)9(3,4)14-15/h7-8H,5H2,1-4H3. The highest BCUT2D eigenvalue weighted by molar-refractivity contribution is 7.48. The number of rotatable bonds is 3. The summed E-state index contributed by atoms with van der Waals surface area (Å²) in [6.45, 7) is 7.01. The number of hydrogen-bond acceptors (Lipinski definition) is 5. The third kappa shape index (κ3) is 3.02. The third-order valence-corrected chi connectivity index (χ3v) is 4.19. The van der Waals surface area contributed by atoms with Crippen molar-refractivity contribution in [1.82, 2.24) is 0 Å². The van der Waals surface area contributed by atoms with Crippen LogP contribution in [-0.2, 0) is 18.1 Å². The Morgan fingerprint density at radius 1 is 1.67 bits per heavy atom. The van der Waals surface area contributed by atoms with Crippen LogP contribution in [-0.4, -0.2) is 17.8 Å². The number of hydrogen-bond donors (Lipinski definition) is 0. The number of phosphoric ester groups is 1. The van der Waals surface area contributed by atoms with Crippen molar-refractivity contribution in [1.29, 1.82) is 5.26 Å². The fourth-order valence-corrected chi connectivity index (χ4v) is 3.15. The molecule has 0 radical (unpaired) electrons. The molecule has 3 unspecified atom stereocenters. The molecule has 0 aromatic carbocycles. The molecule has 1 rings (SSSR count). The molecular formula is C9H16NO4P. The minimum Gasteiger partial charge on any atom is -0.283 e. The molecule has 0 aromatic rings. The summed E-state index contributed by atoms with van der Waals surface area (Å²) in [6, 6.07) is 1.93. The molecule has 1 heterocycles. The Balaban J connectivity index is 2.64. The molecule has 1 aliphatic heterocycles. The lowest BCUT2D eigenvalue weighted by Crippen LogP contribution is -2.29. The predicted molar refractivity (Wildman–Crippen MR) is 54.1 cm³/mol. The molecule has 6 heteroatoms. The van der Waals surface area contributed by atoms with Gasteiger partial charge in [-0.15, -0.1) is 0 Å². The van der Waals surface area contributed by atoms with Gasteiger partial charge in [-0.25, -0.2) is 4.57 Å². The normalized spacial score (nSPS) is 36.1. The van der Waals surface area contributed by atoms with Crippen molar-refractivity contribution in [3.8, 4) is 6.07 Å². The fourth-order valence-electron chi connectivity index (χ4n) is 1.14. The molecule has 0 spiro atoms. The van der Waals surface area contributed by atoms with Crippen molar-refractivity contribution in [2.75, 3.05) is 0 Å². The molecule has 1 aliphatic rings. The summed E-state index contributed by atoms with van der Waals surface area (Å²) < 4.78 is 27.5. The van der Waals surface area contributed by atoms with Crippen molar-refractivity contribution >= 4 is 7.82 Å². The number of nitriles is 1. The zero-order valence-corrected chi connectivity index (χ0v) is 10.3. The average molecular weight is 233 g/mol.